The van der Waals surface area contributed by atoms with Crippen molar-refractivity contribution in [1.29, 1.82) is 0 Å². The van der Waals surface area contributed by atoms with E-state index in [1.165, 1.54) is 5.56 Å². The molecule has 17 heavy (non-hydrogen) atoms. The Hall–Kier alpha value is -1.42. The third kappa shape index (κ3) is 4.53. The fraction of sp³-hybridized carbons (Fsp3) is 0.385. The predicted octanol–water partition coefficient (Wildman–Crippen LogP) is 1.66. The number of amides is 1. The molecule has 0 saturated carbocycles. The van der Waals surface area contributed by atoms with Crippen LogP contribution in [-0.2, 0) is 11.2 Å². The van der Waals surface area contributed by atoms with Gasteiger partial charge in [-0.1, -0.05) is 49.5 Å². The van der Waals surface area contributed by atoms with Crippen LogP contribution < -0.4 is 11.1 Å². The highest BCUT2D eigenvalue weighted by atomic mass is 32.1. The first-order valence-corrected chi connectivity index (χ1v) is 6.17. The second-order valence-electron chi connectivity index (χ2n) is 3.89. The van der Waals surface area contributed by atoms with Gasteiger partial charge in [-0.3, -0.25) is 4.79 Å². The van der Waals surface area contributed by atoms with Gasteiger partial charge >= 0.3 is 0 Å². The van der Waals surface area contributed by atoms with Gasteiger partial charge in [0.25, 0.3) is 0 Å². The highest BCUT2D eigenvalue weighted by Crippen LogP contribution is 2.03. The van der Waals surface area contributed by atoms with Gasteiger partial charge in [-0.25, -0.2) is 0 Å². The average molecular weight is 250 g/mol. The van der Waals surface area contributed by atoms with Crippen LogP contribution in [0.1, 0.15) is 18.9 Å². The van der Waals surface area contributed by atoms with Crippen LogP contribution in [0, 0.1) is 5.92 Å². The van der Waals surface area contributed by atoms with Crippen LogP contribution in [0.2, 0.25) is 0 Å². The Morgan fingerprint density at radius 3 is 2.59 bits per heavy atom. The lowest BCUT2D eigenvalue weighted by atomic mass is 10.1. The number of benzene rings is 1. The minimum absolute atomic E-state index is 0.0732. The lowest BCUT2D eigenvalue weighted by Gasteiger charge is -2.13. The molecule has 1 amide bonds. The van der Waals surface area contributed by atoms with Crippen LogP contribution in [-0.4, -0.2) is 17.4 Å². The van der Waals surface area contributed by atoms with Gasteiger partial charge in [0.2, 0.25) is 5.91 Å². The van der Waals surface area contributed by atoms with Crippen LogP contribution in [0.4, 0.5) is 0 Å². The van der Waals surface area contributed by atoms with Crippen molar-refractivity contribution in [3.8, 4) is 0 Å². The molecule has 1 aromatic carbocycles. The van der Waals surface area contributed by atoms with Gasteiger partial charge in [0.15, 0.2) is 0 Å². The van der Waals surface area contributed by atoms with Gasteiger partial charge in [-0.15, -0.1) is 0 Å². The maximum absolute atomic E-state index is 11.7. The van der Waals surface area contributed by atoms with Crippen molar-refractivity contribution < 1.29 is 4.79 Å². The van der Waals surface area contributed by atoms with Crippen LogP contribution in [0.25, 0.3) is 0 Å². The lowest BCUT2D eigenvalue weighted by molar-refractivity contribution is -0.123. The van der Waals surface area contributed by atoms with E-state index < -0.39 is 0 Å². The molecule has 4 heteroatoms. The van der Waals surface area contributed by atoms with Crippen LogP contribution >= 0.6 is 12.2 Å². The molecule has 0 saturated heterocycles. The Morgan fingerprint density at radius 1 is 1.41 bits per heavy atom. The second-order valence-corrected chi connectivity index (χ2v) is 4.36. The van der Waals surface area contributed by atoms with Crippen molar-refractivity contribution >= 4 is 23.1 Å². The predicted molar refractivity (Wildman–Crippen MR) is 73.7 cm³/mol. The Kier molecular flexibility index (Phi) is 5.63. The smallest absolute Gasteiger partial charge is 0.229 e. The summed E-state index contributed by atoms with van der Waals surface area (Å²) < 4.78 is 0. The summed E-state index contributed by atoms with van der Waals surface area (Å²) in [4.78, 5) is 12.0. The summed E-state index contributed by atoms with van der Waals surface area (Å²) >= 11 is 4.85. The fourth-order valence-electron chi connectivity index (χ4n) is 1.61. The van der Waals surface area contributed by atoms with Crippen molar-refractivity contribution in [2.75, 3.05) is 6.54 Å². The molecule has 1 rings (SSSR count). The first kappa shape index (κ1) is 13.6. The van der Waals surface area contributed by atoms with Crippen molar-refractivity contribution in [3.05, 3.63) is 35.9 Å². The van der Waals surface area contributed by atoms with Crippen molar-refractivity contribution in [3.63, 3.8) is 0 Å². The third-order valence-electron chi connectivity index (χ3n) is 2.62. The zero-order valence-corrected chi connectivity index (χ0v) is 10.8. The molecule has 92 valence electrons. The summed E-state index contributed by atoms with van der Waals surface area (Å²) in [5.41, 5.74) is 6.71. The zero-order valence-electron chi connectivity index (χ0n) is 9.98. The molecule has 1 atom stereocenters. The molecule has 0 fully saturated rings. The van der Waals surface area contributed by atoms with Gasteiger partial charge < -0.3 is 11.1 Å². The number of carbonyl (C=O) groups excluding carboxylic acids is 1. The van der Waals surface area contributed by atoms with Crippen molar-refractivity contribution in [1.82, 2.24) is 5.32 Å². The monoisotopic (exact) mass is 250 g/mol. The molecule has 3 nitrogen and oxygen atoms in total. The van der Waals surface area contributed by atoms with E-state index in [0.717, 1.165) is 6.42 Å². The maximum atomic E-state index is 11.7. The second kappa shape index (κ2) is 7.01. The number of rotatable bonds is 6. The maximum Gasteiger partial charge on any atom is 0.229 e. The summed E-state index contributed by atoms with van der Waals surface area (Å²) in [6.45, 7) is 2.52. The Morgan fingerprint density at radius 2 is 2.06 bits per heavy atom. The number of hydrogen-bond acceptors (Lipinski definition) is 2. The van der Waals surface area contributed by atoms with E-state index in [9.17, 15) is 4.79 Å². The molecule has 1 unspecified atom stereocenters. The van der Waals surface area contributed by atoms with Gasteiger partial charge in [0.1, 0.15) is 0 Å². The van der Waals surface area contributed by atoms with Crippen molar-refractivity contribution in [2.24, 2.45) is 11.7 Å². The standard InChI is InChI=1S/C13H18N2OS/c1-2-11(12(14)17)13(16)15-9-8-10-6-4-3-5-7-10/h3-7,11H,2,8-9H2,1H3,(H2,14,17)(H,15,16). The first-order valence-electron chi connectivity index (χ1n) is 5.76. The topological polar surface area (TPSA) is 55.1 Å². The van der Waals surface area contributed by atoms with E-state index in [1.807, 2.05) is 37.3 Å². The quantitative estimate of drug-likeness (QED) is 0.755. The first-order chi connectivity index (χ1) is 8.15. The molecule has 1 aromatic rings. The minimum atomic E-state index is -0.347. The average Bonchev–Trinajstić information content (AvgIpc) is 2.30. The van der Waals surface area contributed by atoms with E-state index in [0.29, 0.717) is 13.0 Å². The van der Waals surface area contributed by atoms with Crippen molar-refractivity contribution in [2.45, 2.75) is 19.8 Å². The molecule has 0 bridgehead atoms. The molecule has 0 aliphatic carbocycles. The van der Waals surface area contributed by atoms with E-state index >= 15 is 0 Å². The number of thiocarbonyl (C=S) groups is 1. The Labute approximate surface area is 107 Å². The SMILES string of the molecule is CCC(C(=O)NCCc1ccccc1)C(N)=S. The molecule has 0 heterocycles. The molecule has 3 N–H and O–H groups in total. The van der Waals surface area contributed by atoms with E-state index in [2.05, 4.69) is 5.32 Å². The summed E-state index contributed by atoms with van der Waals surface area (Å²) in [6, 6.07) is 10.0. The molecular weight excluding hydrogens is 232 g/mol. The Balaban J connectivity index is 2.36. The van der Waals surface area contributed by atoms with Gasteiger partial charge in [-0.2, -0.15) is 0 Å². The molecule has 0 aliphatic rings. The van der Waals surface area contributed by atoms with Gasteiger partial charge in [0.05, 0.1) is 10.9 Å². The molecule has 0 radical (unpaired) electrons. The van der Waals surface area contributed by atoms with E-state index in [1.54, 1.807) is 0 Å². The third-order valence-corrected chi connectivity index (χ3v) is 2.91. The minimum Gasteiger partial charge on any atom is -0.393 e. The summed E-state index contributed by atoms with van der Waals surface area (Å²) in [6.07, 6.45) is 1.47. The zero-order chi connectivity index (χ0) is 12.7. The molecular formula is C13H18N2OS. The summed E-state index contributed by atoms with van der Waals surface area (Å²) in [5.74, 6) is -0.420. The summed E-state index contributed by atoms with van der Waals surface area (Å²) in [5, 5.41) is 2.86. The highest BCUT2D eigenvalue weighted by molar-refractivity contribution is 7.80. The Bertz CT molecular complexity index is 378. The molecule has 0 aromatic heterocycles. The number of nitrogens with two attached hydrogens (primary N) is 1. The fourth-order valence-corrected chi connectivity index (χ4v) is 1.89. The number of carbonyl (C=O) groups is 1. The molecule has 0 spiro atoms. The molecule has 0 aliphatic heterocycles. The van der Waals surface area contributed by atoms with Gasteiger partial charge in [0, 0.05) is 6.54 Å². The van der Waals surface area contributed by atoms with Gasteiger partial charge in [-0.05, 0) is 18.4 Å². The highest BCUT2D eigenvalue weighted by Gasteiger charge is 2.18. The number of hydrogen-bond donors (Lipinski definition) is 2. The van der Waals surface area contributed by atoms with Crippen LogP contribution in [0.3, 0.4) is 0 Å². The van der Waals surface area contributed by atoms with Crippen LogP contribution in [0.15, 0.2) is 30.3 Å². The number of nitrogens with one attached hydrogen (secondary N) is 1. The largest absolute Gasteiger partial charge is 0.393 e. The van der Waals surface area contributed by atoms with E-state index in [-0.39, 0.29) is 16.8 Å². The normalized spacial score (nSPS) is 11.8. The van der Waals surface area contributed by atoms with E-state index in [4.69, 9.17) is 18.0 Å². The lowest BCUT2D eigenvalue weighted by Crippen LogP contribution is -2.38. The summed E-state index contributed by atoms with van der Waals surface area (Å²) in [7, 11) is 0. The van der Waals surface area contributed by atoms with Crippen LogP contribution in [0.5, 0.6) is 0 Å².